The highest BCUT2D eigenvalue weighted by atomic mass is 32.2. The van der Waals surface area contributed by atoms with Gasteiger partial charge in [-0.05, 0) is 43.0 Å². The van der Waals surface area contributed by atoms with Crippen molar-refractivity contribution in [1.82, 2.24) is 19.2 Å². The summed E-state index contributed by atoms with van der Waals surface area (Å²) in [7, 11) is -1.75. The summed E-state index contributed by atoms with van der Waals surface area (Å²) >= 11 is 2.71. The molecule has 2 aromatic heterocycles. The van der Waals surface area contributed by atoms with Crippen molar-refractivity contribution >= 4 is 45.0 Å². The van der Waals surface area contributed by atoms with Gasteiger partial charge in [-0.1, -0.05) is 17.8 Å². The molecule has 2 fully saturated rings. The van der Waals surface area contributed by atoms with Crippen LogP contribution in [0.4, 0.5) is 10.6 Å². The maximum atomic E-state index is 12.7. The van der Waals surface area contributed by atoms with Crippen LogP contribution in [0.1, 0.15) is 19.3 Å². The molecule has 4 heterocycles. The highest BCUT2D eigenvalue weighted by Crippen LogP contribution is 2.27. The quantitative estimate of drug-likeness (QED) is 0.444. The van der Waals surface area contributed by atoms with Crippen molar-refractivity contribution in [2.75, 3.05) is 44.4 Å². The molecule has 174 valence electrons. The van der Waals surface area contributed by atoms with Crippen LogP contribution >= 0.6 is 23.1 Å². The predicted molar refractivity (Wildman–Crippen MR) is 125 cm³/mol. The summed E-state index contributed by atoms with van der Waals surface area (Å²) < 4.78 is 32.7. The Bertz CT molecular complexity index is 1030. The third kappa shape index (κ3) is 5.03. The molecule has 2 aliphatic rings. The summed E-state index contributed by atoms with van der Waals surface area (Å²) in [6.07, 6.45) is 5.04. The van der Waals surface area contributed by atoms with E-state index >= 15 is 0 Å². The Morgan fingerprint density at radius 3 is 2.72 bits per heavy atom. The van der Waals surface area contributed by atoms with Gasteiger partial charge >= 0.3 is 6.09 Å². The SMILES string of the molecule is CSc1nccc(N2CCC(N(C)C(=O)O[C@H]3CCN(S(=O)(=O)c4cccs4)C3)CC2)n1. The molecule has 9 nitrogen and oxygen atoms in total. The molecule has 4 rings (SSSR count). The van der Waals surface area contributed by atoms with Crippen LogP contribution in [0.25, 0.3) is 0 Å². The van der Waals surface area contributed by atoms with Crippen LogP contribution in [-0.4, -0.2) is 85.3 Å². The molecule has 2 saturated heterocycles. The molecule has 0 aliphatic carbocycles. The molecule has 0 saturated carbocycles. The minimum absolute atomic E-state index is 0.0768. The Balaban J connectivity index is 1.27. The summed E-state index contributed by atoms with van der Waals surface area (Å²) in [6.45, 7) is 2.15. The zero-order valence-electron chi connectivity index (χ0n) is 18.1. The van der Waals surface area contributed by atoms with Crippen LogP contribution in [0.15, 0.2) is 39.1 Å². The van der Waals surface area contributed by atoms with E-state index in [0.29, 0.717) is 17.2 Å². The highest BCUT2D eigenvalue weighted by molar-refractivity contribution is 7.98. The average Bonchev–Trinajstić information content (AvgIpc) is 3.52. The zero-order chi connectivity index (χ0) is 22.7. The lowest BCUT2D eigenvalue weighted by molar-refractivity contribution is 0.0607. The Hall–Kier alpha value is -1.89. The van der Waals surface area contributed by atoms with Crippen LogP contribution in [0, 0.1) is 0 Å². The predicted octanol–water partition coefficient (Wildman–Crippen LogP) is 2.76. The number of hydrogen-bond acceptors (Lipinski definition) is 9. The lowest BCUT2D eigenvalue weighted by atomic mass is 10.0. The summed E-state index contributed by atoms with van der Waals surface area (Å²) in [5, 5.41) is 2.49. The van der Waals surface area contributed by atoms with Crippen LogP contribution in [0.5, 0.6) is 0 Å². The van der Waals surface area contributed by atoms with E-state index in [1.807, 2.05) is 12.3 Å². The second-order valence-electron chi connectivity index (χ2n) is 7.82. The van der Waals surface area contributed by atoms with Gasteiger partial charge in [-0.3, -0.25) is 0 Å². The molecule has 0 unspecified atom stereocenters. The largest absolute Gasteiger partial charge is 0.445 e. The lowest BCUT2D eigenvalue weighted by Crippen LogP contribution is -2.46. The van der Waals surface area contributed by atoms with Gasteiger partial charge in [0.05, 0.1) is 6.54 Å². The van der Waals surface area contributed by atoms with Gasteiger partial charge < -0.3 is 14.5 Å². The summed E-state index contributed by atoms with van der Waals surface area (Å²) in [6, 6.07) is 5.31. The molecule has 0 radical (unpaired) electrons. The number of rotatable bonds is 6. The molecule has 2 aromatic rings. The smallest absolute Gasteiger partial charge is 0.410 e. The number of piperidine rings is 1. The van der Waals surface area contributed by atoms with Crippen molar-refractivity contribution in [1.29, 1.82) is 0 Å². The maximum Gasteiger partial charge on any atom is 0.410 e. The van der Waals surface area contributed by atoms with Crippen molar-refractivity contribution in [3.63, 3.8) is 0 Å². The summed E-state index contributed by atoms with van der Waals surface area (Å²) in [5.41, 5.74) is 0. The average molecular weight is 498 g/mol. The first-order valence-electron chi connectivity index (χ1n) is 10.5. The van der Waals surface area contributed by atoms with Gasteiger partial charge in [-0.2, -0.15) is 4.31 Å². The maximum absolute atomic E-state index is 12.7. The first kappa shape index (κ1) is 23.3. The van der Waals surface area contributed by atoms with E-state index in [2.05, 4.69) is 14.9 Å². The fourth-order valence-corrected chi connectivity index (χ4v) is 7.00. The number of aromatic nitrogens is 2. The number of ether oxygens (including phenoxy) is 1. The van der Waals surface area contributed by atoms with E-state index in [0.717, 1.165) is 36.9 Å². The van der Waals surface area contributed by atoms with Crippen molar-refractivity contribution in [2.24, 2.45) is 0 Å². The molecule has 0 aromatic carbocycles. The fourth-order valence-electron chi connectivity index (χ4n) is 4.01. The molecule has 12 heteroatoms. The van der Waals surface area contributed by atoms with Crippen molar-refractivity contribution in [3.8, 4) is 0 Å². The number of hydrogen-bond donors (Lipinski definition) is 0. The van der Waals surface area contributed by atoms with Crippen molar-refractivity contribution in [3.05, 3.63) is 29.8 Å². The molecular formula is C20H27N5O4S3. The van der Waals surface area contributed by atoms with Gasteiger partial charge in [0.25, 0.3) is 10.0 Å². The highest BCUT2D eigenvalue weighted by Gasteiger charge is 2.36. The number of thiophene rings is 1. The second kappa shape index (κ2) is 9.94. The molecule has 0 spiro atoms. The third-order valence-electron chi connectivity index (χ3n) is 5.89. The Kier molecular flexibility index (Phi) is 7.23. The normalized spacial score (nSPS) is 20.4. The van der Waals surface area contributed by atoms with Crippen LogP contribution < -0.4 is 4.90 Å². The minimum Gasteiger partial charge on any atom is -0.445 e. The van der Waals surface area contributed by atoms with Crippen molar-refractivity contribution in [2.45, 2.75) is 40.8 Å². The molecule has 2 aliphatic heterocycles. The number of anilines is 1. The Morgan fingerprint density at radius 1 is 1.25 bits per heavy atom. The van der Waals surface area contributed by atoms with E-state index in [1.165, 1.54) is 27.4 Å². The molecule has 1 amide bonds. The van der Waals surface area contributed by atoms with Crippen LogP contribution in [-0.2, 0) is 14.8 Å². The molecule has 32 heavy (non-hydrogen) atoms. The Morgan fingerprint density at radius 2 is 2.03 bits per heavy atom. The van der Waals surface area contributed by atoms with E-state index in [9.17, 15) is 13.2 Å². The number of thioether (sulfide) groups is 1. The fraction of sp³-hybridized carbons (Fsp3) is 0.550. The van der Waals surface area contributed by atoms with Crippen LogP contribution in [0.2, 0.25) is 0 Å². The summed E-state index contributed by atoms with van der Waals surface area (Å²) in [4.78, 5) is 25.4. The second-order valence-corrected chi connectivity index (χ2v) is 11.7. The zero-order valence-corrected chi connectivity index (χ0v) is 20.5. The number of amides is 1. The standard InChI is InChI=1S/C20H27N5O4S3/c1-23(15-6-10-24(11-7-15)17-5-9-21-19(22-17)30-2)20(26)29-16-8-12-25(14-16)32(27,28)18-4-3-13-31-18/h3-5,9,13,15-16H,6-8,10-12,14H2,1-2H3/t16-/m0/s1. The number of sulfonamides is 1. The minimum atomic E-state index is -3.51. The van der Waals surface area contributed by atoms with Gasteiger partial charge in [0.1, 0.15) is 16.1 Å². The van der Waals surface area contributed by atoms with E-state index in [-0.39, 0.29) is 12.6 Å². The van der Waals surface area contributed by atoms with E-state index < -0.39 is 22.2 Å². The number of carbonyl (C=O) groups excluding carboxylic acids is 1. The van der Waals surface area contributed by atoms with Crippen molar-refractivity contribution < 1.29 is 17.9 Å². The first-order chi connectivity index (χ1) is 15.4. The molecule has 1 atom stereocenters. The third-order valence-corrected chi connectivity index (χ3v) is 9.69. The van der Waals surface area contributed by atoms with E-state index in [4.69, 9.17) is 4.74 Å². The van der Waals surface area contributed by atoms with E-state index in [1.54, 1.807) is 35.7 Å². The van der Waals surface area contributed by atoms with Gasteiger partial charge in [0.2, 0.25) is 0 Å². The monoisotopic (exact) mass is 497 g/mol. The van der Waals surface area contributed by atoms with Crippen LogP contribution in [0.3, 0.4) is 0 Å². The molecule has 0 bridgehead atoms. The topological polar surface area (TPSA) is 95.9 Å². The number of carbonyl (C=O) groups is 1. The van der Waals surface area contributed by atoms with Gasteiger partial charge in [-0.15, -0.1) is 11.3 Å². The summed E-state index contributed by atoms with van der Waals surface area (Å²) in [5.74, 6) is 0.908. The lowest BCUT2D eigenvalue weighted by Gasteiger charge is -2.37. The Labute approximate surface area is 196 Å². The van der Waals surface area contributed by atoms with Gasteiger partial charge in [-0.25, -0.2) is 23.2 Å². The molecular weight excluding hydrogens is 470 g/mol. The number of nitrogens with zero attached hydrogens (tertiary/aromatic N) is 5. The molecule has 0 N–H and O–H groups in total. The van der Waals surface area contributed by atoms with Gasteiger partial charge in [0.15, 0.2) is 5.16 Å². The first-order valence-corrected chi connectivity index (χ1v) is 14.0. The van der Waals surface area contributed by atoms with Gasteiger partial charge in [0, 0.05) is 38.9 Å².